The minimum absolute atomic E-state index is 0.0658. The summed E-state index contributed by atoms with van der Waals surface area (Å²) in [6.07, 6.45) is 6.44. The average molecular weight is 399 g/mol. The van der Waals surface area contributed by atoms with Crippen molar-refractivity contribution in [2.24, 2.45) is 0 Å². The van der Waals surface area contributed by atoms with Gasteiger partial charge in [0.1, 0.15) is 12.7 Å². The molecular formula is C20H23ClN6O. The fraction of sp³-hybridized carbons (Fsp3) is 0.300. The van der Waals surface area contributed by atoms with E-state index in [-0.39, 0.29) is 11.9 Å². The zero-order chi connectivity index (χ0) is 20.1. The first kappa shape index (κ1) is 19.8. The lowest BCUT2D eigenvalue weighted by molar-refractivity contribution is -0.117. The van der Waals surface area contributed by atoms with E-state index in [1.165, 1.54) is 12.4 Å². The number of carbonyl (C=O) groups excluding carboxylic acids is 1. The highest BCUT2D eigenvalue weighted by molar-refractivity contribution is 6.31. The average Bonchev–Trinajstić information content (AvgIpc) is 3.24. The third-order valence-electron chi connectivity index (χ3n) is 4.43. The Morgan fingerprint density at radius 2 is 2.11 bits per heavy atom. The number of halogens is 1. The van der Waals surface area contributed by atoms with E-state index in [0.717, 1.165) is 22.5 Å². The van der Waals surface area contributed by atoms with Crippen molar-refractivity contribution in [1.29, 1.82) is 0 Å². The Balaban J connectivity index is 1.66. The molecule has 0 saturated heterocycles. The smallest absolute Gasteiger partial charge is 0.244 e. The number of nitrogens with one attached hydrogen (secondary N) is 1. The maximum atomic E-state index is 12.2. The number of aromatic nitrogens is 5. The Bertz CT molecular complexity index is 977. The zero-order valence-corrected chi connectivity index (χ0v) is 16.9. The maximum absolute atomic E-state index is 12.2. The number of carbonyl (C=O) groups is 1. The van der Waals surface area contributed by atoms with E-state index in [1.807, 2.05) is 49.7 Å². The molecule has 0 aliphatic heterocycles. The molecule has 1 aromatic carbocycles. The third kappa shape index (κ3) is 4.86. The summed E-state index contributed by atoms with van der Waals surface area (Å²) in [5.41, 5.74) is 3.79. The summed E-state index contributed by atoms with van der Waals surface area (Å²) < 4.78 is 3.59. The van der Waals surface area contributed by atoms with Gasteiger partial charge < -0.3 is 5.32 Å². The molecule has 146 valence electrons. The number of amides is 1. The van der Waals surface area contributed by atoms with Crippen LogP contribution in [0.25, 0.3) is 6.08 Å². The molecule has 0 bridgehead atoms. The predicted molar refractivity (Wildman–Crippen MR) is 109 cm³/mol. The molecule has 0 aliphatic carbocycles. The molecule has 1 atom stereocenters. The van der Waals surface area contributed by atoms with Gasteiger partial charge in [-0.25, -0.2) is 4.98 Å². The maximum Gasteiger partial charge on any atom is 0.244 e. The van der Waals surface area contributed by atoms with Gasteiger partial charge in [0.15, 0.2) is 0 Å². The van der Waals surface area contributed by atoms with Gasteiger partial charge in [-0.1, -0.05) is 29.8 Å². The number of hydrogen-bond acceptors (Lipinski definition) is 4. The number of nitrogens with zero attached hydrogens (tertiary/aromatic N) is 5. The Kier molecular flexibility index (Phi) is 6.26. The van der Waals surface area contributed by atoms with Crippen LogP contribution in [-0.4, -0.2) is 36.5 Å². The summed E-state index contributed by atoms with van der Waals surface area (Å²) in [6, 6.07) is 7.65. The molecule has 3 rings (SSSR count). The van der Waals surface area contributed by atoms with Crippen LogP contribution in [-0.2, 0) is 17.9 Å². The van der Waals surface area contributed by atoms with E-state index in [4.69, 9.17) is 11.6 Å². The Hall–Kier alpha value is -2.93. The lowest BCUT2D eigenvalue weighted by atomic mass is 10.1. The molecule has 0 aliphatic rings. The predicted octanol–water partition coefficient (Wildman–Crippen LogP) is 3.01. The highest BCUT2D eigenvalue weighted by Crippen LogP contribution is 2.20. The van der Waals surface area contributed by atoms with Gasteiger partial charge in [-0.15, -0.1) is 0 Å². The van der Waals surface area contributed by atoms with Crippen LogP contribution in [0.15, 0.2) is 43.0 Å². The quantitative estimate of drug-likeness (QED) is 0.620. The second-order valence-corrected chi connectivity index (χ2v) is 7.10. The molecule has 2 heterocycles. The van der Waals surface area contributed by atoms with Crippen LogP contribution >= 0.6 is 11.6 Å². The van der Waals surface area contributed by atoms with Crippen LogP contribution in [0.3, 0.4) is 0 Å². The van der Waals surface area contributed by atoms with Crippen molar-refractivity contribution in [3.63, 3.8) is 0 Å². The number of hydrogen-bond donors (Lipinski definition) is 1. The van der Waals surface area contributed by atoms with E-state index in [0.29, 0.717) is 18.1 Å². The van der Waals surface area contributed by atoms with Gasteiger partial charge in [0.25, 0.3) is 0 Å². The highest BCUT2D eigenvalue weighted by Gasteiger charge is 2.12. The van der Waals surface area contributed by atoms with Gasteiger partial charge >= 0.3 is 0 Å². The number of benzene rings is 1. The topological polar surface area (TPSA) is 77.6 Å². The first-order valence-electron chi connectivity index (χ1n) is 9.02. The van der Waals surface area contributed by atoms with Crippen LogP contribution in [0, 0.1) is 13.8 Å². The van der Waals surface area contributed by atoms with E-state index in [1.54, 1.807) is 17.1 Å². The summed E-state index contributed by atoms with van der Waals surface area (Å²) in [4.78, 5) is 16.1. The van der Waals surface area contributed by atoms with E-state index < -0.39 is 0 Å². The first-order valence-corrected chi connectivity index (χ1v) is 9.40. The molecule has 28 heavy (non-hydrogen) atoms. The molecule has 7 nitrogen and oxygen atoms in total. The van der Waals surface area contributed by atoms with Crippen molar-refractivity contribution in [2.75, 3.05) is 0 Å². The molecule has 0 spiro atoms. The summed E-state index contributed by atoms with van der Waals surface area (Å²) in [5.74, 6) is -0.162. The molecule has 0 saturated carbocycles. The highest BCUT2D eigenvalue weighted by atomic mass is 35.5. The lowest BCUT2D eigenvalue weighted by Crippen LogP contribution is -2.34. The minimum atomic E-state index is -0.162. The Morgan fingerprint density at radius 3 is 2.82 bits per heavy atom. The second kappa shape index (κ2) is 8.84. The number of rotatable bonds is 7. The SMILES string of the molecule is Cc1nn(Cc2ccccc2Cl)c(C)c1C=CC(=O)NC(C)Cn1cncn1. The lowest BCUT2D eigenvalue weighted by Gasteiger charge is -2.11. The Morgan fingerprint density at radius 1 is 1.32 bits per heavy atom. The van der Waals surface area contributed by atoms with Crippen molar-refractivity contribution < 1.29 is 4.79 Å². The molecule has 8 heteroatoms. The molecule has 0 radical (unpaired) electrons. The summed E-state index contributed by atoms with van der Waals surface area (Å²) in [7, 11) is 0. The van der Waals surface area contributed by atoms with Crippen LogP contribution < -0.4 is 5.32 Å². The summed E-state index contributed by atoms with van der Waals surface area (Å²) >= 11 is 6.26. The van der Waals surface area contributed by atoms with Crippen molar-refractivity contribution in [2.45, 2.75) is 39.9 Å². The van der Waals surface area contributed by atoms with Crippen LogP contribution in [0.5, 0.6) is 0 Å². The summed E-state index contributed by atoms with van der Waals surface area (Å²) in [5, 5.41) is 12.3. The fourth-order valence-corrected chi connectivity index (χ4v) is 3.19. The van der Waals surface area contributed by atoms with Gasteiger partial charge in [-0.3, -0.25) is 14.2 Å². The van der Waals surface area contributed by atoms with Crippen LogP contribution in [0.4, 0.5) is 0 Å². The van der Waals surface area contributed by atoms with E-state index in [9.17, 15) is 4.79 Å². The van der Waals surface area contributed by atoms with E-state index in [2.05, 4.69) is 20.5 Å². The molecule has 1 amide bonds. The van der Waals surface area contributed by atoms with Gasteiger partial charge in [0.05, 0.1) is 18.8 Å². The second-order valence-electron chi connectivity index (χ2n) is 6.69. The zero-order valence-electron chi connectivity index (χ0n) is 16.1. The third-order valence-corrected chi connectivity index (χ3v) is 4.80. The van der Waals surface area contributed by atoms with Crippen molar-refractivity contribution in [1.82, 2.24) is 29.9 Å². The van der Waals surface area contributed by atoms with Gasteiger partial charge in [0, 0.05) is 28.4 Å². The minimum Gasteiger partial charge on any atom is -0.348 e. The molecule has 3 aromatic rings. The van der Waals surface area contributed by atoms with Crippen molar-refractivity contribution in [3.8, 4) is 0 Å². The van der Waals surface area contributed by atoms with Gasteiger partial charge in [0.2, 0.25) is 5.91 Å². The first-order chi connectivity index (χ1) is 13.4. The fourth-order valence-electron chi connectivity index (χ4n) is 3.00. The molecule has 1 unspecified atom stereocenters. The normalized spacial score (nSPS) is 12.4. The van der Waals surface area contributed by atoms with Gasteiger partial charge in [-0.05, 0) is 38.5 Å². The molecular weight excluding hydrogens is 376 g/mol. The standard InChI is InChI=1S/C20H23ClN6O/c1-14(10-26-13-22-12-23-26)24-20(28)9-8-18-15(2)25-27(16(18)3)11-17-6-4-5-7-19(17)21/h4-9,12-14H,10-11H2,1-3H3,(H,24,28). The largest absolute Gasteiger partial charge is 0.348 e. The van der Waals surface area contributed by atoms with Crippen LogP contribution in [0.1, 0.15) is 29.4 Å². The van der Waals surface area contributed by atoms with Gasteiger partial charge in [-0.2, -0.15) is 10.2 Å². The van der Waals surface area contributed by atoms with Crippen molar-refractivity contribution in [3.05, 3.63) is 70.5 Å². The number of aryl methyl sites for hydroxylation is 1. The summed E-state index contributed by atoms with van der Waals surface area (Å²) in [6.45, 7) is 6.99. The molecule has 1 N–H and O–H groups in total. The van der Waals surface area contributed by atoms with E-state index >= 15 is 0 Å². The molecule has 0 fully saturated rings. The van der Waals surface area contributed by atoms with Crippen LogP contribution in [0.2, 0.25) is 5.02 Å². The molecule has 2 aromatic heterocycles. The van der Waals surface area contributed by atoms with Crippen molar-refractivity contribution >= 4 is 23.6 Å². The monoisotopic (exact) mass is 398 g/mol. The Labute approximate surface area is 169 Å².